The number of rotatable bonds is 9. The molecule has 2 aromatic carbocycles. The SMILES string of the molecule is O=C(NCCCC(=O)c1c(F)cc(OC2CCC(C(=O)O)CC2)cc1F)c1cc2c(F)cccc2s1. The Morgan fingerprint density at radius 2 is 1.69 bits per heavy atom. The Bertz CT molecular complexity index is 1280. The fraction of sp³-hybridized carbons (Fsp3) is 0.346. The van der Waals surface area contributed by atoms with E-state index in [4.69, 9.17) is 9.84 Å². The molecule has 1 aliphatic carbocycles. The van der Waals surface area contributed by atoms with Gasteiger partial charge in [-0.05, 0) is 50.3 Å². The fourth-order valence-electron chi connectivity index (χ4n) is 4.30. The second-order valence-electron chi connectivity index (χ2n) is 8.74. The summed E-state index contributed by atoms with van der Waals surface area (Å²) in [5.41, 5.74) is -0.664. The highest BCUT2D eigenvalue weighted by Gasteiger charge is 2.28. The van der Waals surface area contributed by atoms with E-state index in [0.717, 1.165) is 23.5 Å². The quantitative estimate of drug-likeness (QED) is 0.278. The highest BCUT2D eigenvalue weighted by molar-refractivity contribution is 7.20. The first-order valence-corrected chi connectivity index (χ1v) is 12.4. The number of carboxylic acid groups (broad SMARTS) is 1. The van der Waals surface area contributed by atoms with Crippen LogP contribution in [0.1, 0.15) is 58.6 Å². The number of amides is 1. The van der Waals surface area contributed by atoms with Gasteiger partial charge in [-0.25, -0.2) is 13.2 Å². The average Bonchev–Trinajstić information content (AvgIpc) is 3.28. The van der Waals surface area contributed by atoms with Gasteiger partial charge in [0.1, 0.15) is 23.2 Å². The standard InChI is InChI=1S/C26H24F3NO5S/c27-18-3-1-5-22-17(18)13-23(36-22)25(32)30-10-2-4-21(31)24-19(28)11-16(12-20(24)29)35-15-8-6-14(7-9-15)26(33)34/h1,3,5,11-15H,2,4,6-10H2,(H,30,32)(H,33,34). The number of ether oxygens (including phenoxy) is 1. The monoisotopic (exact) mass is 519 g/mol. The Morgan fingerprint density at radius 3 is 2.33 bits per heavy atom. The molecule has 36 heavy (non-hydrogen) atoms. The number of fused-ring (bicyclic) bond motifs is 1. The number of thiophene rings is 1. The van der Waals surface area contributed by atoms with Crippen LogP contribution in [0.3, 0.4) is 0 Å². The maximum absolute atomic E-state index is 14.6. The van der Waals surface area contributed by atoms with Crippen LogP contribution >= 0.6 is 11.3 Å². The lowest BCUT2D eigenvalue weighted by Gasteiger charge is -2.26. The van der Waals surface area contributed by atoms with Crippen molar-refractivity contribution in [3.63, 3.8) is 0 Å². The van der Waals surface area contributed by atoms with Gasteiger partial charge in [0.05, 0.1) is 22.5 Å². The smallest absolute Gasteiger partial charge is 0.306 e. The van der Waals surface area contributed by atoms with Crippen LogP contribution in [0.4, 0.5) is 13.2 Å². The van der Waals surface area contributed by atoms with Crippen molar-refractivity contribution in [3.05, 3.63) is 64.3 Å². The fourth-order valence-corrected chi connectivity index (χ4v) is 5.30. The number of aliphatic carboxylic acids is 1. The van der Waals surface area contributed by atoms with Crippen molar-refractivity contribution in [1.29, 1.82) is 0 Å². The predicted octanol–water partition coefficient (Wildman–Crippen LogP) is 5.73. The number of hydrogen-bond acceptors (Lipinski definition) is 5. The molecule has 4 rings (SSSR count). The van der Waals surface area contributed by atoms with Gasteiger partial charge in [-0.15, -0.1) is 11.3 Å². The average molecular weight is 520 g/mol. The van der Waals surface area contributed by atoms with E-state index in [9.17, 15) is 27.6 Å². The maximum atomic E-state index is 14.6. The number of ketones is 1. The Kier molecular flexibility index (Phi) is 7.93. The van der Waals surface area contributed by atoms with E-state index in [1.54, 1.807) is 12.1 Å². The van der Waals surface area contributed by atoms with Crippen molar-refractivity contribution in [2.75, 3.05) is 6.54 Å². The zero-order valence-corrected chi connectivity index (χ0v) is 20.0. The molecule has 1 aromatic heterocycles. The lowest BCUT2D eigenvalue weighted by Crippen LogP contribution is -2.28. The molecule has 0 spiro atoms. The van der Waals surface area contributed by atoms with E-state index >= 15 is 0 Å². The zero-order chi connectivity index (χ0) is 25.8. The summed E-state index contributed by atoms with van der Waals surface area (Å²) in [7, 11) is 0. The highest BCUT2D eigenvalue weighted by Crippen LogP contribution is 2.30. The molecule has 1 saturated carbocycles. The van der Waals surface area contributed by atoms with E-state index in [-0.39, 0.29) is 31.2 Å². The Labute approximate surface area is 209 Å². The summed E-state index contributed by atoms with van der Waals surface area (Å²) in [6.45, 7) is 0.102. The van der Waals surface area contributed by atoms with Crippen molar-refractivity contribution in [3.8, 4) is 5.75 Å². The van der Waals surface area contributed by atoms with Gasteiger partial charge in [0.25, 0.3) is 5.91 Å². The van der Waals surface area contributed by atoms with Crippen molar-refractivity contribution < 1.29 is 37.4 Å². The highest BCUT2D eigenvalue weighted by atomic mass is 32.1. The largest absolute Gasteiger partial charge is 0.490 e. The van der Waals surface area contributed by atoms with Crippen LogP contribution < -0.4 is 10.1 Å². The number of nitrogens with one attached hydrogen (secondary N) is 1. The van der Waals surface area contributed by atoms with E-state index in [2.05, 4.69) is 5.32 Å². The molecule has 1 fully saturated rings. The molecule has 0 bridgehead atoms. The predicted molar refractivity (Wildman–Crippen MR) is 128 cm³/mol. The molecule has 1 amide bonds. The first-order valence-electron chi connectivity index (χ1n) is 11.6. The molecule has 3 aromatic rings. The normalized spacial score (nSPS) is 17.6. The summed E-state index contributed by atoms with van der Waals surface area (Å²) in [6, 6.07) is 7.96. The first-order chi connectivity index (χ1) is 17.2. The molecule has 0 unspecified atom stereocenters. The molecular formula is C26H24F3NO5S. The van der Waals surface area contributed by atoms with Gasteiger partial charge < -0.3 is 15.2 Å². The van der Waals surface area contributed by atoms with Crippen molar-refractivity contribution in [1.82, 2.24) is 5.32 Å². The molecule has 6 nitrogen and oxygen atoms in total. The van der Waals surface area contributed by atoms with Gasteiger partial charge in [-0.2, -0.15) is 0 Å². The number of Topliss-reactive ketones (excluding diaryl/α,β-unsaturated/α-hetero) is 1. The van der Waals surface area contributed by atoms with Crippen LogP contribution in [0.25, 0.3) is 10.1 Å². The molecule has 190 valence electrons. The van der Waals surface area contributed by atoms with E-state index in [1.807, 2.05) is 0 Å². The molecule has 0 atom stereocenters. The zero-order valence-electron chi connectivity index (χ0n) is 19.2. The first kappa shape index (κ1) is 25.7. The maximum Gasteiger partial charge on any atom is 0.306 e. The number of halogens is 3. The summed E-state index contributed by atoms with van der Waals surface area (Å²) >= 11 is 1.14. The number of carbonyl (C=O) groups excluding carboxylic acids is 2. The van der Waals surface area contributed by atoms with Gasteiger partial charge in [0.2, 0.25) is 0 Å². The third-order valence-corrected chi connectivity index (χ3v) is 7.32. The van der Waals surface area contributed by atoms with E-state index in [0.29, 0.717) is 40.6 Å². The van der Waals surface area contributed by atoms with E-state index in [1.165, 1.54) is 12.1 Å². The lowest BCUT2D eigenvalue weighted by molar-refractivity contribution is -0.143. The van der Waals surface area contributed by atoms with Gasteiger partial charge in [-0.3, -0.25) is 14.4 Å². The van der Waals surface area contributed by atoms with E-state index < -0.39 is 46.6 Å². The molecule has 10 heteroatoms. The molecule has 0 aliphatic heterocycles. The number of hydrogen-bond donors (Lipinski definition) is 2. The molecule has 1 aliphatic rings. The minimum Gasteiger partial charge on any atom is -0.490 e. The van der Waals surface area contributed by atoms with Crippen LogP contribution in [0.15, 0.2) is 36.4 Å². The number of carbonyl (C=O) groups is 3. The van der Waals surface area contributed by atoms with Crippen LogP contribution in [0.2, 0.25) is 0 Å². The number of benzene rings is 2. The third-order valence-electron chi connectivity index (χ3n) is 6.22. The van der Waals surface area contributed by atoms with Gasteiger partial charge >= 0.3 is 5.97 Å². The van der Waals surface area contributed by atoms with Crippen LogP contribution in [-0.4, -0.2) is 35.4 Å². The molecule has 0 radical (unpaired) electrons. The van der Waals surface area contributed by atoms with Gasteiger partial charge in [-0.1, -0.05) is 6.07 Å². The summed E-state index contributed by atoms with van der Waals surface area (Å²) in [4.78, 5) is 36.1. The second-order valence-corrected chi connectivity index (χ2v) is 9.82. The number of carboxylic acids is 1. The molecule has 2 N–H and O–H groups in total. The Balaban J connectivity index is 1.28. The molecule has 0 saturated heterocycles. The van der Waals surface area contributed by atoms with Crippen molar-refractivity contribution in [2.45, 2.75) is 44.6 Å². The summed E-state index contributed by atoms with van der Waals surface area (Å²) in [5.74, 6) is -4.99. The molecule has 1 heterocycles. The summed E-state index contributed by atoms with van der Waals surface area (Å²) in [6.07, 6.45) is 1.41. The van der Waals surface area contributed by atoms with Gasteiger partial charge in [0, 0.05) is 35.2 Å². The van der Waals surface area contributed by atoms with Gasteiger partial charge in [0.15, 0.2) is 5.78 Å². The lowest BCUT2D eigenvalue weighted by atomic mass is 9.87. The topological polar surface area (TPSA) is 92.7 Å². The Morgan fingerprint density at radius 1 is 1.00 bits per heavy atom. The Hall–Kier alpha value is -3.40. The van der Waals surface area contributed by atoms with Crippen LogP contribution in [0, 0.1) is 23.4 Å². The van der Waals surface area contributed by atoms with Crippen LogP contribution in [-0.2, 0) is 4.79 Å². The molecular weight excluding hydrogens is 495 g/mol. The summed E-state index contributed by atoms with van der Waals surface area (Å²) < 4.78 is 49.2. The minimum atomic E-state index is -1.04. The summed E-state index contributed by atoms with van der Waals surface area (Å²) in [5, 5.41) is 12.0. The third kappa shape index (κ3) is 5.87. The minimum absolute atomic E-state index is 0.0487. The van der Waals surface area contributed by atoms with Crippen molar-refractivity contribution in [2.24, 2.45) is 5.92 Å². The second kappa shape index (κ2) is 11.1. The van der Waals surface area contributed by atoms with Crippen molar-refractivity contribution >= 4 is 39.1 Å². The van der Waals surface area contributed by atoms with Crippen LogP contribution in [0.5, 0.6) is 5.75 Å².